The molecule has 118 valence electrons. The fourth-order valence-electron chi connectivity index (χ4n) is 3.00. The fourth-order valence-corrected chi connectivity index (χ4v) is 3.00. The molecule has 0 aromatic heterocycles. The number of aliphatic carboxylic acids is 1. The van der Waals surface area contributed by atoms with Gasteiger partial charge in [-0.05, 0) is 40.0 Å². The molecule has 21 heavy (non-hydrogen) atoms. The molecule has 0 radical (unpaired) electrons. The van der Waals surface area contributed by atoms with Gasteiger partial charge in [-0.3, -0.25) is 9.59 Å². The van der Waals surface area contributed by atoms with Crippen LogP contribution in [0.5, 0.6) is 0 Å². The third-order valence-corrected chi connectivity index (χ3v) is 3.84. The molecule has 2 aliphatic rings. The van der Waals surface area contributed by atoms with E-state index in [0.29, 0.717) is 6.54 Å². The first-order valence-corrected chi connectivity index (χ1v) is 7.22. The molecule has 2 amide bonds. The zero-order valence-electron chi connectivity index (χ0n) is 12.6. The van der Waals surface area contributed by atoms with E-state index < -0.39 is 23.6 Å². The highest BCUT2D eigenvalue weighted by Gasteiger charge is 2.48. The molecule has 0 aliphatic carbocycles. The Kier molecular flexibility index (Phi) is 4.11. The molecule has 0 spiro atoms. The van der Waals surface area contributed by atoms with E-state index in [-0.39, 0.29) is 24.4 Å². The zero-order valence-corrected chi connectivity index (χ0v) is 12.6. The van der Waals surface area contributed by atoms with Crippen molar-refractivity contribution in [3.63, 3.8) is 0 Å². The minimum atomic E-state index is -1.09. The van der Waals surface area contributed by atoms with Crippen molar-refractivity contribution in [1.82, 2.24) is 10.2 Å². The molecular weight excluding hydrogens is 276 g/mol. The van der Waals surface area contributed by atoms with Crippen LogP contribution < -0.4 is 5.32 Å². The number of rotatable bonds is 2. The molecule has 0 aromatic rings. The smallest absolute Gasteiger partial charge is 0.407 e. The molecule has 0 bridgehead atoms. The molecule has 3 atom stereocenters. The topological polar surface area (TPSA) is 95.9 Å². The highest BCUT2D eigenvalue weighted by atomic mass is 16.6. The van der Waals surface area contributed by atoms with Gasteiger partial charge in [-0.1, -0.05) is 0 Å². The van der Waals surface area contributed by atoms with Crippen LogP contribution in [0.15, 0.2) is 0 Å². The van der Waals surface area contributed by atoms with E-state index in [1.54, 1.807) is 25.7 Å². The van der Waals surface area contributed by atoms with Crippen LogP contribution in [0.3, 0.4) is 0 Å². The Bertz CT molecular complexity index is 457. The van der Waals surface area contributed by atoms with Crippen molar-refractivity contribution in [1.29, 1.82) is 0 Å². The molecular formula is C14H22N2O5. The van der Waals surface area contributed by atoms with Crippen molar-refractivity contribution in [3.8, 4) is 0 Å². The number of hydrogen-bond acceptors (Lipinski definition) is 4. The van der Waals surface area contributed by atoms with Gasteiger partial charge in [0.25, 0.3) is 0 Å². The van der Waals surface area contributed by atoms with Crippen molar-refractivity contribution in [2.45, 2.75) is 57.7 Å². The summed E-state index contributed by atoms with van der Waals surface area (Å²) in [5, 5.41) is 11.9. The second-order valence-electron chi connectivity index (χ2n) is 6.62. The van der Waals surface area contributed by atoms with Crippen LogP contribution >= 0.6 is 0 Å². The second-order valence-corrected chi connectivity index (χ2v) is 6.62. The van der Waals surface area contributed by atoms with Gasteiger partial charge in [0.2, 0.25) is 5.91 Å². The van der Waals surface area contributed by atoms with Gasteiger partial charge in [0.15, 0.2) is 0 Å². The van der Waals surface area contributed by atoms with Crippen molar-refractivity contribution in [2.75, 3.05) is 6.54 Å². The molecule has 0 saturated carbocycles. The zero-order chi connectivity index (χ0) is 15.8. The number of carbonyl (C=O) groups is 3. The Balaban J connectivity index is 2.03. The number of piperidine rings is 1. The molecule has 0 aromatic carbocycles. The normalized spacial score (nSPS) is 29.0. The van der Waals surface area contributed by atoms with E-state index in [0.717, 1.165) is 12.8 Å². The SMILES string of the molecule is CC(C)(C)OC(=O)N[C@H]1CCCN2C(=O)[C@H](C(=O)O)C[C@H]12. The van der Waals surface area contributed by atoms with E-state index in [9.17, 15) is 14.4 Å². The first-order chi connectivity index (χ1) is 9.69. The molecule has 2 heterocycles. The quantitative estimate of drug-likeness (QED) is 0.741. The van der Waals surface area contributed by atoms with Crippen molar-refractivity contribution in [2.24, 2.45) is 5.92 Å². The Morgan fingerprint density at radius 3 is 2.62 bits per heavy atom. The molecule has 0 unspecified atom stereocenters. The number of hydrogen-bond donors (Lipinski definition) is 2. The average Bonchev–Trinajstić information content (AvgIpc) is 2.66. The van der Waals surface area contributed by atoms with Crippen LogP contribution in [0.4, 0.5) is 4.79 Å². The highest BCUT2D eigenvalue weighted by Crippen LogP contribution is 2.32. The number of amides is 2. The monoisotopic (exact) mass is 298 g/mol. The Morgan fingerprint density at radius 2 is 2.05 bits per heavy atom. The van der Waals surface area contributed by atoms with Gasteiger partial charge >= 0.3 is 12.1 Å². The largest absolute Gasteiger partial charge is 0.481 e. The number of carbonyl (C=O) groups excluding carboxylic acids is 2. The summed E-state index contributed by atoms with van der Waals surface area (Å²) in [5.41, 5.74) is -0.590. The van der Waals surface area contributed by atoms with Crippen molar-refractivity contribution < 1.29 is 24.2 Å². The average molecular weight is 298 g/mol. The maximum Gasteiger partial charge on any atom is 0.407 e. The first-order valence-electron chi connectivity index (χ1n) is 7.22. The lowest BCUT2D eigenvalue weighted by Gasteiger charge is -2.37. The summed E-state index contributed by atoms with van der Waals surface area (Å²) < 4.78 is 5.22. The van der Waals surface area contributed by atoms with Gasteiger partial charge in [0.05, 0.1) is 12.1 Å². The van der Waals surface area contributed by atoms with Gasteiger partial charge in [-0.25, -0.2) is 4.79 Å². The lowest BCUT2D eigenvalue weighted by molar-refractivity contribution is -0.147. The van der Waals surface area contributed by atoms with Crippen LogP contribution in [0.1, 0.15) is 40.0 Å². The van der Waals surface area contributed by atoms with Crippen molar-refractivity contribution >= 4 is 18.0 Å². The summed E-state index contributed by atoms with van der Waals surface area (Å²) in [4.78, 5) is 36.6. The standard InChI is InChI=1S/C14H22N2O5/c1-14(2,3)21-13(20)15-9-5-4-6-16-10(9)7-8(11(16)17)12(18)19/h8-10H,4-7H2,1-3H3,(H,15,20)(H,18,19)/t8-,9+,10-/m1/s1. The number of alkyl carbamates (subject to hydrolysis) is 1. The number of carboxylic acids is 1. The van der Waals surface area contributed by atoms with Crippen molar-refractivity contribution in [3.05, 3.63) is 0 Å². The molecule has 7 nitrogen and oxygen atoms in total. The Labute approximate surface area is 123 Å². The predicted octanol–water partition coefficient (Wildman–Crippen LogP) is 0.975. The van der Waals surface area contributed by atoms with Gasteiger partial charge in [-0.2, -0.15) is 0 Å². The second kappa shape index (κ2) is 5.54. The van der Waals surface area contributed by atoms with Crippen LogP contribution in [-0.4, -0.2) is 52.2 Å². The van der Waals surface area contributed by atoms with E-state index in [2.05, 4.69) is 5.32 Å². The van der Waals surface area contributed by atoms with Crippen LogP contribution in [0.25, 0.3) is 0 Å². The van der Waals surface area contributed by atoms with E-state index in [4.69, 9.17) is 9.84 Å². The summed E-state index contributed by atoms with van der Waals surface area (Å²) in [6, 6.07) is -0.498. The summed E-state index contributed by atoms with van der Waals surface area (Å²) in [6.45, 7) is 5.89. The van der Waals surface area contributed by atoms with Gasteiger partial charge in [0, 0.05) is 6.54 Å². The van der Waals surface area contributed by atoms with Crippen LogP contribution in [0, 0.1) is 5.92 Å². The van der Waals surface area contributed by atoms with Gasteiger partial charge in [0.1, 0.15) is 11.5 Å². The first kappa shape index (κ1) is 15.6. The lowest BCUT2D eigenvalue weighted by atomic mass is 9.94. The summed E-state index contributed by atoms with van der Waals surface area (Å²) >= 11 is 0. The number of carboxylic acid groups (broad SMARTS) is 1. The fraction of sp³-hybridized carbons (Fsp3) is 0.786. The Hall–Kier alpha value is -1.79. The van der Waals surface area contributed by atoms with E-state index >= 15 is 0 Å². The van der Waals surface area contributed by atoms with Gasteiger partial charge in [-0.15, -0.1) is 0 Å². The minimum Gasteiger partial charge on any atom is -0.481 e. The van der Waals surface area contributed by atoms with Crippen LogP contribution in [0.2, 0.25) is 0 Å². The molecule has 2 fully saturated rings. The number of nitrogens with zero attached hydrogens (tertiary/aromatic N) is 1. The van der Waals surface area contributed by atoms with Crippen LogP contribution in [-0.2, 0) is 14.3 Å². The number of ether oxygens (including phenoxy) is 1. The number of nitrogens with one attached hydrogen (secondary N) is 1. The maximum atomic E-state index is 12.0. The Morgan fingerprint density at radius 1 is 1.38 bits per heavy atom. The third-order valence-electron chi connectivity index (χ3n) is 3.84. The van der Waals surface area contributed by atoms with E-state index in [1.807, 2.05) is 0 Å². The summed E-state index contributed by atoms with van der Waals surface area (Å²) in [7, 11) is 0. The third kappa shape index (κ3) is 3.46. The molecule has 2 rings (SSSR count). The molecule has 2 N–H and O–H groups in total. The molecule has 2 aliphatic heterocycles. The summed E-state index contributed by atoms with van der Waals surface area (Å²) in [5.74, 6) is -2.43. The predicted molar refractivity (Wildman–Crippen MR) is 73.6 cm³/mol. The minimum absolute atomic E-state index is 0.245. The van der Waals surface area contributed by atoms with Gasteiger partial charge < -0.3 is 20.1 Å². The van der Waals surface area contributed by atoms with E-state index in [1.165, 1.54) is 0 Å². The molecule has 7 heteroatoms. The molecule has 2 saturated heterocycles. The summed E-state index contributed by atoms with van der Waals surface area (Å²) in [6.07, 6.45) is 1.18. The highest BCUT2D eigenvalue weighted by molar-refractivity contribution is 5.99. The lowest BCUT2D eigenvalue weighted by Crippen LogP contribution is -2.54. The number of fused-ring (bicyclic) bond motifs is 1. The maximum absolute atomic E-state index is 12.0.